The van der Waals surface area contributed by atoms with Crippen molar-refractivity contribution in [1.82, 2.24) is 9.97 Å². The number of piperidine rings is 1. The van der Waals surface area contributed by atoms with Gasteiger partial charge in [0, 0.05) is 24.4 Å². The highest BCUT2D eigenvalue weighted by Gasteiger charge is 2.45. The minimum absolute atomic E-state index is 0.168. The van der Waals surface area contributed by atoms with Crippen LogP contribution in [0.3, 0.4) is 0 Å². The summed E-state index contributed by atoms with van der Waals surface area (Å²) in [5.41, 5.74) is 9.68. The van der Waals surface area contributed by atoms with Gasteiger partial charge in [-0.2, -0.15) is 0 Å². The van der Waals surface area contributed by atoms with Crippen LogP contribution in [0.25, 0.3) is 0 Å². The van der Waals surface area contributed by atoms with Gasteiger partial charge in [0.05, 0.1) is 12.4 Å². The summed E-state index contributed by atoms with van der Waals surface area (Å²) in [7, 11) is 0. The Morgan fingerprint density at radius 2 is 1.92 bits per heavy atom. The molecule has 5 heteroatoms. The average Bonchev–Trinajstić information content (AvgIpc) is 2.88. The van der Waals surface area contributed by atoms with E-state index in [1.54, 1.807) is 11.8 Å². The standard InChI is InChI=1S/C20H26N4S/c1-14(2)25-18-13-22-17(12-23-18)24-9-7-20(8-10-24)11-15-5-3-4-6-16(15)19(20)21/h3-6,12-14,19H,7-11,21H2,1-2H3/t19-/m1/s1. The van der Waals surface area contributed by atoms with Gasteiger partial charge in [-0.05, 0) is 35.8 Å². The van der Waals surface area contributed by atoms with E-state index in [0.29, 0.717) is 5.25 Å². The molecule has 2 aliphatic rings. The van der Waals surface area contributed by atoms with Gasteiger partial charge in [0.2, 0.25) is 0 Å². The molecule has 4 nitrogen and oxygen atoms in total. The van der Waals surface area contributed by atoms with Crippen molar-refractivity contribution in [2.45, 2.75) is 49.4 Å². The lowest BCUT2D eigenvalue weighted by Gasteiger charge is -2.42. The van der Waals surface area contributed by atoms with Gasteiger partial charge in [0.1, 0.15) is 10.8 Å². The van der Waals surface area contributed by atoms with Gasteiger partial charge in [-0.15, -0.1) is 11.8 Å². The molecule has 1 saturated heterocycles. The van der Waals surface area contributed by atoms with Gasteiger partial charge in [-0.25, -0.2) is 9.97 Å². The van der Waals surface area contributed by atoms with Crippen molar-refractivity contribution in [3.05, 3.63) is 47.8 Å². The zero-order valence-corrected chi connectivity index (χ0v) is 15.8. The maximum Gasteiger partial charge on any atom is 0.147 e. The molecule has 1 spiro atoms. The van der Waals surface area contributed by atoms with E-state index in [1.165, 1.54) is 11.1 Å². The molecule has 25 heavy (non-hydrogen) atoms. The van der Waals surface area contributed by atoms with E-state index in [2.05, 4.69) is 53.0 Å². The molecule has 1 aromatic heterocycles. The summed E-state index contributed by atoms with van der Waals surface area (Å²) < 4.78 is 0. The van der Waals surface area contributed by atoms with E-state index >= 15 is 0 Å². The van der Waals surface area contributed by atoms with Crippen molar-refractivity contribution in [2.24, 2.45) is 11.1 Å². The van der Waals surface area contributed by atoms with Crippen LogP contribution in [-0.2, 0) is 6.42 Å². The van der Waals surface area contributed by atoms with E-state index in [-0.39, 0.29) is 11.5 Å². The molecule has 2 aromatic rings. The van der Waals surface area contributed by atoms with Crippen molar-refractivity contribution >= 4 is 17.6 Å². The van der Waals surface area contributed by atoms with E-state index in [9.17, 15) is 0 Å². The first-order chi connectivity index (χ1) is 12.1. The first-order valence-electron chi connectivity index (χ1n) is 9.14. The second kappa shape index (κ2) is 6.61. The highest BCUT2D eigenvalue weighted by atomic mass is 32.2. The number of hydrogen-bond acceptors (Lipinski definition) is 5. The predicted molar refractivity (Wildman–Crippen MR) is 104 cm³/mol. The number of benzene rings is 1. The van der Waals surface area contributed by atoms with Crippen LogP contribution in [0.4, 0.5) is 5.82 Å². The number of thioether (sulfide) groups is 1. The Labute approximate surface area is 154 Å². The number of rotatable bonds is 3. The topological polar surface area (TPSA) is 55.0 Å². The molecule has 2 heterocycles. The van der Waals surface area contributed by atoms with Crippen LogP contribution < -0.4 is 10.6 Å². The fraction of sp³-hybridized carbons (Fsp3) is 0.500. The zero-order chi connectivity index (χ0) is 17.4. The number of nitrogens with two attached hydrogens (primary N) is 1. The Morgan fingerprint density at radius 3 is 2.56 bits per heavy atom. The first kappa shape index (κ1) is 16.9. The van der Waals surface area contributed by atoms with Crippen molar-refractivity contribution in [1.29, 1.82) is 0 Å². The third-order valence-electron chi connectivity index (χ3n) is 5.65. The lowest BCUT2D eigenvalue weighted by Crippen LogP contribution is -2.44. The third kappa shape index (κ3) is 3.15. The van der Waals surface area contributed by atoms with Crippen LogP contribution in [0.15, 0.2) is 41.7 Å². The van der Waals surface area contributed by atoms with Crippen molar-refractivity contribution < 1.29 is 0 Å². The quantitative estimate of drug-likeness (QED) is 0.849. The molecule has 132 valence electrons. The van der Waals surface area contributed by atoms with Gasteiger partial charge >= 0.3 is 0 Å². The van der Waals surface area contributed by atoms with Crippen LogP contribution >= 0.6 is 11.8 Å². The SMILES string of the molecule is CC(C)Sc1cnc(N2CCC3(CC2)Cc2ccccc2[C@H]3N)cn1. The Balaban J connectivity index is 1.44. The molecular formula is C20H26N4S. The normalized spacial score (nSPS) is 21.8. The molecule has 1 aliphatic carbocycles. The zero-order valence-electron chi connectivity index (χ0n) is 15.0. The number of hydrogen-bond donors (Lipinski definition) is 1. The van der Waals surface area contributed by atoms with E-state index in [1.807, 2.05) is 12.4 Å². The largest absolute Gasteiger partial charge is 0.355 e. The Hall–Kier alpha value is -1.59. The number of aromatic nitrogens is 2. The molecule has 1 fully saturated rings. The second-order valence-corrected chi connectivity index (χ2v) is 9.18. The molecule has 0 unspecified atom stereocenters. The van der Waals surface area contributed by atoms with E-state index in [4.69, 9.17) is 5.73 Å². The molecular weight excluding hydrogens is 328 g/mol. The fourth-order valence-corrected chi connectivity index (χ4v) is 4.97. The molecule has 0 amide bonds. The molecule has 0 radical (unpaired) electrons. The number of fused-ring (bicyclic) bond motifs is 1. The fourth-order valence-electron chi connectivity index (χ4n) is 4.26. The lowest BCUT2D eigenvalue weighted by molar-refractivity contribution is 0.187. The van der Waals surface area contributed by atoms with Crippen LogP contribution in [-0.4, -0.2) is 28.3 Å². The smallest absolute Gasteiger partial charge is 0.147 e. The van der Waals surface area contributed by atoms with Crippen LogP contribution in [0.2, 0.25) is 0 Å². The highest BCUT2D eigenvalue weighted by Crippen LogP contribution is 2.50. The molecule has 0 bridgehead atoms. The van der Waals surface area contributed by atoms with Gasteiger partial charge in [-0.3, -0.25) is 0 Å². The Bertz CT molecular complexity index is 736. The average molecular weight is 355 g/mol. The number of anilines is 1. The summed E-state index contributed by atoms with van der Waals surface area (Å²) in [6, 6.07) is 8.86. The maximum absolute atomic E-state index is 6.66. The second-order valence-electron chi connectivity index (χ2n) is 7.58. The summed E-state index contributed by atoms with van der Waals surface area (Å²) in [6.07, 6.45) is 7.18. The van der Waals surface area contributed by atoms with Crippen molar-refractivity contribution in [3.63, 3.8) is 0 Å². The molecule has 4 rings (SSSR count). The molecule has 1 atom stereocenters. The summed E-state index contributed by atoms with van der Waals surface area (Å²) in [5.74, 6) is 0.993. The van der Waals surface area contributed by atoms with Crippen molar-refractivity contribution in [2.75, 3.05) is 18.0 Å². The lowest BCUT2D eigenvalue weighted by atomic mass is 9.73. The van der Waals surface area contributed by atoms with Gasteiger partial charge in [0.25, 0.3) is 0 Å². The van der Waals surface area contributed by atoms with Gasteiger partial charge < -0.3 is 10.6 Å². The van der Waals surface area contributed by atoms with Crippen LogP contribution in [0.1, 0.15) is 43.9 Å². The summed E-state index contributed by atoms with van der Waals surface area (Å²) in [4.78, 5) is 11.6. The predicted octanol–water partition coefficient (Wildman–Crippen LogP) is 3.82. The van der Waals surface area contributed by atoms with Crippen molar-refractivity contribution in [3.8, 4) is 0 Å². The summed E-state index contributed by atoms with van der Waals surface area (Å²) in [5, 5.41) is 1.53. The molecule has 0 saturated carbocycles. The Morgan fingerprint density at radius 1 is 1.16 bits per heavy atom. The monoisotopic (exact) mass is 354 g/mol. The highest BCUT2D eigenvalue weighted by molar-refractivity contribution is 7.99. The maximum atomic E-state index is 6.66. The molecule has 1 aliphatic heterocycles. The minimum Gasteiger partial charge on any atom is -0.355 e. The first-order valence-corrected chi connectivity index (χ1v) is 10.0. The van der Waals surface area contributed by atoms with Crippen LogP contribution in [0.5, 0.6) is 0 Å². The minimum atomic E-state index is 0.168. The van der Waals surface area contributed by atoms with Gasteiger partial charge in [-0.1, -0.05) is 38.1 Å². The van der Waals surface area contributed by atoms with Crippen LogP contribution in [0, 0.1) is 5.41 Å². The Kier molecular flexibility index (Phi) is 4.46. The third-order valence-corrected chi connectivity index (χ3v) is 6.57. The van der Waals surface area contributed by atoms with Gasteiger partial charge in [0.15, 0.2) is 0 Å². The summed E-state index contributed by atoms with van der Waals surface area (Å²) >= 11 is 1.75. The molecule has 1 aromatic carbocycles. The number of nitrogens with zero attached hydrogens (tertiary/aromatic N) is 3. The summed E-state index contributed by atoms with van der Waals surface area (Å²) in [6.45, 7) is 6.36. The van der Waals surface area contributed by atoms with E-state index in [0.717, 1.165) is 43.2 Å². The van der Waals surface area contributed by atoms with E-state index < -0.39 is 0 Å². The molecule has 2 N–H and O–H groups in total.